The Hall–Kier alpha value is -0.0800. The van der Waals surface area contributed by atoms with Crippen LogP contribution in [0.3, 0.4) is 0 Å². The molecule has 0 aromatic rings. The third-order valence-electron chi connectivity index (χ3n) is 3.68. The van der Waals surface area contributed by atoms with Gasteiger partial charge < -0.3 is 11.1 Å². The van der Waals surface area contributed by atoms with Crippen LogP contribution < -0.4 is 11.1 Å². The largest absolute Gasteiger partial charge is 0.328 e. The molecule has 16 heavy (non-hydrogen) atoms. The van der Waals surface area contributed by atoms with E-state index >= 15 is 0 Å². The smallest absolute Gasteiger partial charge is 0.00558 e. The monoisotopic (exact) mass is 226 g/mol. The second kappa shape index (κ2) is 5.50. The maximum atomic E-state index is 6.12. The van der Waals surface area contributed by atoms with Crippen molar-refractivity contribution in [2.45, 2.75) is 65.8 Å². The first-order valence-electron chi connectivity index (χ1n) is 6.77. The molecule has 1 atom stereocenters. The van der Waals surface area contributed by atoms with Crippen LogP contribution in [0, 0.1) is 10.8 Å². The minimum absolute atomic E-state index is 0.349. The average molecular weight is 226 g/mol. The van der Waals surface area contributed by atoms with Crippen molar-refractivity contribution in [1.82, 2.24) is 5.32 Å². The summed E-state index contributed by atoms with van der Waals surface area (Å²) in [4.78, 5) is 0. The van der Waals surface area contributed by atoms with Crippen molar-refractivity contribution in [3.63, 3.8) is 0 Å². The SMILES string of the molecule is CC(C)(C)CC(N)CCNCC1(C)CCC1. The molecule has 1 unspecified atom stereocenters. The van der Waals surface area contributed by atoms with Gasteiger partial charge in [-0.1, -0.05) is 34.1 Å². The summed E-state index contributed by atoms with van der Waals surface area (Å²) in [5.74, 6) is 0. The standard InChI is InChI=1S/C14H30N2/c1-13(2,3)10-12(15)6-9-16-11-14(4)7-5-8-14/h12,16H,5-11,15H2,1-4H3. The molecule has 0 bridgehead atoms. The van der Waals surface area contributed by atoms with Crippen molar-refractivity contribution in [3.8, 4) is 0 Å². The van der Waals surface area contributed by atoms with Crippen LogP contribution in [0.1, 0.15) is 59.8 Å². The summed E-state index contributed by atoms with van der Waals surface area (Å²) in [5, 5.41) is 3.56. The Bertz CT molecular complexity index is 201. The Kier molecular flexibility index (Phi) is 4.81. The lowest BCUT2D eigenvalue weighted by Gasteiger charge is -2.38. The molecule has 0 aromatic carbocycles. The molecule has 2 nitrogen and oxygen atoms in total. The van der Waals surface area contributed by atoms with E-state index in [1.165, 1.54) is 25.8 Å². The van der Waals surface area contributed by atoms with E-state index in [9.17, 15) is 0 Å². The van der Waals surface area contributed by atoms with Crippen molar-refractivity contribution in [2.75, 3.05) is 13.1 Å². The lowest BCUT2D eigenvalue weighted by molar-refractivity contribution is 0.156. The van der Waals surface area contributed by atoms with Gasteiger partial charge in [-0.05, 0) is 43.1 Å². The highest BCUT2D eigenvalue weighted by atomic mass is 14.9. The van der Waals surface area contributed by atoms with E-state index in [0.717, 1.165) is 19.4 Å². The van der Waals surface area contributed by atoms with Crippen molar-refractivity contribution < 1.29 is 0 Å². The molecule has 3 N–H and O–H groups in total. The summed E-state index contributed by atoms with van der Waals surface area (Å²) in [5.41, 5.74) is 7.07. The van der Waals surface area contributed by atoms with Crippen LogP contribution in [0.2, 0.25) is 0 Å². The number of hydrogen-bond donors (Lipinski definition) is 2. The second-order valence-electron chi connectivity index (χ2n) is 7.15. The van der Waals surface area contributed by atoms with Gasteiger partial charge in [0.15, 0.2) is 0 Å². The highest BCUT2D eigenvalue weighted by molar-refractivity contribution is 4.85. The maximum Gasteiger partial charge on any atom is 0.00558 e. The molecule has 0 spiro atoms. The van der Waals surface area contributed by atoms with E-state index in [0.29, 0.717) is 16.9 Å². The molecular weight excluding hydrogens is 196 g/mol. The minimum atomic E-state index is 0.349. The normalized spacial score (nSPS) is 21.6. The fourth-order valence-electron chi connectivity index (χ4n) is 2.52. The van der Waals surface area contributed by atoms with Crippen LogP contribution in [-0.2, 0) is 0 Å². The zero-order valence-corrected chi connectivity index (χ0v) is 11.6. The van der Waals surface area contributed by atoms with Gasteiger partial charge in [0.05, 0.1) is 0 Å². The first-order chi connectivity index (χ1) is 7.31. The molecule has 0 saturated heterocycles. The van der Waals surface area contributed by atoms with Gasteiger partial charge in [-0.15, -0.1) is 0 Å². The summed E-state index contributed by atoms with van der Waals surface area (Å²) in [6, 6.07) is 0.349. The van der Waals surface area contributed by atoms with Crippen molar-refractivity contribution in [3.05, 3.63) is 0 Å². The summed E-state index contributed by atoms with van der Waals surface area (Å²) in [6.07, 6.45) is 6.43. The van der Waals surface area contributed by atoms with E-state index in [2.05, 4.69) is 33.0 Å². The lowest BCUT2D eigenvalue weighted by Crippen LogP contribution is -2.39. The van der Waals surface area contributed by atoms with Crippen LogP contribution in [0.5, 0.6) is 0 Å². The van der Waals surface area contributed by atoms with Crippen molar-refractivity contribution >= 4 is 0 Å². The number of nitrogens with two attached hydrogens (primary N) is 1. The average Bonchev–Trinajstić information content (AvgIpc) is 2.06. The molecule has 1 aliphatic carbocycles. The highest BCUT2D eigenvalue weighted by Gasteiger charge is 2.30. The molecule has 0 radical (unpaired) electrons. The Morgan fingerprint density at radius 3 is 2.38 bits per heavy atom. The van der Waals surface area contributed by atoms with Gasteiger partial charge >= 0.3 is 0 Å². The van der Waals surface area contributed by atoms with Crippen LogP contribution in [0.4, 0.5) is 0 Å². The van der Waals surface area contributed by atoms with Gasteiger partial charge in [0.25, 0.3) is 0 Å². The van der Waals surface area contributed by atoms with E-state index < -0.39 is 0 Å². The highest BCUT2D eigenvalue weighted by Crippen LogP contribution is 2.39. The topological polar surface area (TPSA) is 38.0 Å². The number of rotatable bonds is 6. The Morgan fingerprint density at radius 1 is 1.31 bits per heavy atom. The van der Waals surface area contributed by atoms with Gasteiger partial charge in [-0.25, -0.2) is 0 Å². The Morgan fingerprint density at radius 2 is 1.94 bits per heavy atom. The molecule has 96 valence electrons. The molecule has 1 fully saturated rings. The fourth-order valence-corrected chi connectivity index (χ4v) is 2.52. The van der Waals surface area contributed by atoms with Crippen molar-refractivity contribution in [2.24, 2.45) is 16.6 Å². The zero-order chi connectivity index (χ0) is 12.2. The third-order valence-corrected chi connectivity index (χ3v) is 3.68. The van der Waals surface area contributed by atoms with Gasteiger partial charge in [-0.2, -0.15) is 0 Å². The predicted octanol–water partition coefficient (Wildman–Crippen LogP) is 2.92. The molecular formula is C14H30N2. The summed E-state index contributed by atoms with van der Waals surface area (Å²) in [7, 11) is 0. The molecule has 0 heterocycles. The quantitative estimate of drug-likeness (QED) is 0.683. The predicted molar refractivity (Wildman–Crippen MR) is 71.5 cm³/mol. The molecule has 1 saturated carbocycles. The minimum Gasteiger partial charge on any atom is -0.328 e. The van der Waals surface area contributed by atoms with Gasteiger partial charge in [0, 0.05) is 12.6 Å². The number of hydrogen-bond acceptors (Lipinski definition) is 2. The molecule has 1 rings (SSSR count). The van der Waals surface area contributed by atoms with Gasteiger partial charge in [0.2, 0.25) is 0 Å². The van der Waals surface area contributed by atoms with Crippen LogP contribution in [0.15, 0.2) is 0 Å². The molecule has 0 amide bonds. The summed E-state index contributed by atoms with van der Waals surface area (Å²) >= 11 is 0. The van der Waals surface area contributed by atoms with Crippen LogP contribution in [0.25, 0.3) is 0 Å². The Balaban J connectivity index is 2.02. The molecule has 1 aliphatic rings. The first kappa shape index (κ1) is 14.0. The first-order valence-corrected chi connectivity index (χ1v) is 6.77. The third kappa shape index (κ3) is 5.31. The molecule has 0 aliphatic heterocycles. The Labute approximate surface area is 101 Å². The van der Waals surface area contributed by atoms with Crippen molar-refractivity contribution in [1.29, 1.82) is 0 Å². The van der Waals surface area contributed by atoms with E-state index in [4.69, 9.17) is 5.73 Å². The summed E-state index contributed by atoms with van der Waals surface area (Å²) in [6.45, 7) is 11.4. The van der Waals surface area contributed by atoms with E-state index in [1.807, 2.05) is 0 Å². The van der Waals surface area contributed by atoms with Crippen LogP contribution >= 0.6 is 0 Å². The van der Waals surface area contributed by atoms with Crippen LogP contribution in [-0.4, -0.2) is 19.1 Å². The maximum absolute atomic E-state index is 6.12. The number of nitrogens with one attached hydrogen (secondary N) is 1. The van der Waals surface area contributed by atoms with Gasteiger partial charge in [-0.3, -0.25) is 0 Å². The lowest BCUT2D eigenvalue weighted by atomic mass is 9.70. The van der Waals surface area contributed by atoms with E-state index in [-0.39, 0.29) is 0 Å². The molecule has 2 heteroatoms. The summed E-state index contributed by atoms with van der Waals surface area (Å²) < 4.78 is 0. The molecule has 0 aromatic heterocycles. The van der Waals surface area contributed by atoms with Gasteiger partial charge in [0.1, 0.15) is 0 Å². The van der Waals surface area contributed by atoms with E-state index in [1.54, 1.807) is 0 Å². The second-order valence-corrected chi connectivity index (χ2v) is 7.15. The fraction of sp³-hybridized carbons (Fsp3) is 1.00. The zero-order valence-electron chi connectivity index (χ0n) is 11.6.